The molecular formula is C11H12ClN3O4S2. The van der Waals surface area contributed by atoms with Gasteiger partial charge in [0.15, 0.2) is 0 Å². The Labute approximate surface area is 130 Å². The first-order chi connectivity index (χ1) is 9.72. The van der Waals surface area contributed by atoms with Crippen molar-refractivity contribution in [2.24, 2.45) is 0 Å². The Morgan fingerprint density at radius 2 is 2.14 bits per heavy atom. The molecule has 114 valence electrons. The number of aromatic amines is 1. The van der Waals surface area contributed by atoms with Crippen LogP contribution < -0.4 is 4.72 Å². The maximum Gasteiger partial charge on any atom is 0.326 e. The normalized spacial score (nSPS) is 13.3. The predicted molar refractivity (Wildman–Crippen MR) is 78.1 cm³/mol. The van der Waals surface area contributed by atoms with Crippen LogP contribution in [-0.4, -0.2) is 29.7 Å². The first kappa shape index (κ1) is 16.0. The second kappa shape index (κ2) is 5.76. The zero-order valence-electron chi connectivity index (χ0n) is 11.0. The summed E-state index contributed by atoms with van der Waals surface area (Å²) < 4.78 is 26.9. The highest BCUT2D eigenvalue weighted by atomic mass is 35.5. The number of hydrogen-bond acceptors (Lipinski definition) is 5. The first-order valence-corrected chi connectivity index (χ1v) is 8.42. The van der Waals surface area contributed by atoms with Crippen LogP contribution in [-0.2, 0) is 14.8 Å². The number of aromatic nitrogens is 2. The monoisotopic (exact) mass is 349 g/mol. The van der Waals surface area contributed by atoms with Crippen LogP contribution in [0.15, 0.2) is 16.3 Å². The van der Waals surface area contributed by atoms with E-state index in [2.05, 4.69) is 14.9 Å². The zero-order chi connectivity index (χ0) is 15.8. The van der Waals surface area contributed by atoms with Gasteiger partial charge in [-0.3, -0.25) is 9.89 Å². The molecule has 0 aromatic carbocycles. The smallest absolute Gasteiger partial charge is 0.326 e. The molecule has 0 aliphatic rings. The maximum atomic E-state index is 12.2. The van der Waals surface area contributed by atoms with E-state index in [1.807, 2.05) is 0 Å². The van der Waals surface area contributed by atoms with Gasteiger partial charge in [0, 0.05) is 11.3 Å². The number of nitrogens with one attached hydrogen (secondary N) is 2. The van der Waals surface area contributed by atoms with Crippen LogP contribution in [0, 0.1) is 13.8 Å². The SMILES string of the molecule is Cc1n[nH]c(C)c1[C@H](NS(=O)(=O)c1ccc(Cl)s1)C(=O)O. The number of thiophene rings is 1. The number of carbonyl (C=O) groups is 1. The molecule has 2 rings (SSSR count). The van der Waals surface area contributed by atoms with Crippen molar-refractivity contribution in [3.63, 3.8) is 0 Å². The third-order valence-electron chi connectivity index (χ3n) is 2.81. The van der Waals surface area contributed by atoms with E-state index >= 15 is 0 Å². The van der Waals surface area contributed by atoms with E-state index in [0.29, 0.717) is 21.3 Å². The molecule has 0 spiro atoms. The van der Waals surface area contributed by atoms with Crippen molar-refractivity contribution in [1.82, 2.24) is 14.9 Å². The molecule has 0 fully saturated rings. The van der Waals surface area contributed by atoms with E-state index in [9.17, 15) is 18.3 Å². The van der Waals surface area contributed by atoms with Crippen LogP contribution in [0.25, 0.3) is 0 Å². The highest BCUT2D eigenvalue weighted by molar-refractivity contribution is 7.91. The van der Waals surface area contributed by atoms with E-state index in [1.54, 1.807) is 13.8 Å². The Balaban J connectivity index is 2.40. The Hall–Kier alpha value is -1.42. The lowest BCUT2D eigenvalue weighted by molar-refractivity contribution is -0.139. The number of halogens is 1. The van der Waals surface area contributed by atoms with Crippen LogP contribution in [0.1, 0.15) is 23.0 Å². The Morgan fingerprint density at radius 3 is 2.57 bits per heavy atom. The summed E-state index contributed by atoms with van der Waals surface area (Å²) in [4.78, 5) is 11.4. The average molecular weight is 350 g/mol. The van der Waals surface area contributed by atoms with Gasteiger partial charge in [-0.1, -0.05) is 11.6 Å². The van der Waals surface area contributed by atoms with Gasteiger partial charge in [0.1, 0.15) is 10.3 Å². The molecule has 0 radical (unpaired) electrons. The summed E-state index contributed by atoms with van der Waals surface area (Å²) >= 11 is 6.56. The molecular weight excluding hydrogens is 338 g/mol. The van der Waals surface area contributed by atoms with E-state index in [-0.39, 0.29) is 4.21 Å². The number of carboxylic acid groups (broad SMARTS) is 1. The predicted octanol–water partition coefficient (Wildman–Crippen LogP) is 1.85. The summed E-state index contributed by atoms with van der Waals surface area (Å²) in [7, 11) is -3.98. The van der Waals surface area contributed by atoms with Gasteiger partial charge in [0.2, 0.25) is 0 Å². The van der Waals surface area contributed by atoms with Gasteiger partial charge < -0.3 is 5.11 Å². The lowest BCUT2D eigenvalue weighted by Gasteiger charge is -2.14. The molecule has 2 aromatic heterocycles. The van der Waals surface area contributed by atoms with Crippen LogP contribution in [0.5, 0.6) is 0 Å². The summed E-state index contributed by atoms with van der Waals surface area (Å²) in [6, 6.07) is 1.34. The second-order valence-corrected chi connectivity index (χ2v) is 7.95. The molecule has 21 heavy (non-hydrogen) atoms. The molecule has 0 aliphatic carbocycles. The zero-order valence-corrected chi connectivity index (χ0v) is 13.4. The standard InChI is InChI=1S/C11H12ClN3O4S2/c1-5-9(6(2)14-13-5)10(11(16)17)15-21(18,19)8-4-3-7(12)20-8/h3-4,10,15H,1-2H3,(H,13,14)(H,16,17)/t10-/m0/s1. The lowest BCUT2D eigenvalue weighted by Crippen LogP contribution is -2.34. The minimum Gasteiger partial charge on any atom is -0.480 e. The fourth-order valence-corrected chi connectivity index (χ4v) is 4.53. The highest BCUT2D eigenvalue weighted by Crippen LogP contribution is 2.28. The molecule has 0 bridgehead atoms. The van der Waals surface area contributed by atoms with Crippen molar-refractivity contribution < 1.29 is 18.3 Å². The number of aryl methyl sites for hydroxylation is 2. The van der Waals surface area contributed by atoms with Crippen LogP contribution in [0.3, 0.4) is 0 Å². The molecule has 7 nitrogen and oxygen atoms in total. The maximum absolute atomic E-state index is 12.2. The molecule has 0 amide bonds. The summed E-state index contributed by atoms with van der Waals surface area (Å²) in [5.41, 5.74) is 1.22. The summed E-state index contributed by atoms with van der Waals surface area (Å²) in [5, 5.41) is 15.8. The minimum atomic E-state index is -3.98. The van der Waals surface area contributed by atoms with Crippen LogP contribution >= 0.6 is 22.9 Å². The second-order valence-electron chi connectivity index (χ2n) is 4.30. The van der Waals surface area contributed by atoms with Gasteiger partial charge in [-0.2, -0.15) is 9.82 Å². The molecule has 1 atom stereocenters. The molecule has 0 unspecified atom stereocenters. The first-order valence-electron chi connectivity index (χ1n) is 5.74. The average Bonchev–Trinajstić information content (AvgIpc) is 2.94. The molecule has 2 heterocycles. The minimum absolute atomic E-state index is 0.0439. The van der Waals surface area contributed by atoms with Gasteiger partial charge >= 0.3 is 5.97 Å². The van der Waals surface area contributed by atoms with Gasteiger partial charge in [0.05, 0.1) is 10.0 Å². The summed E-state index contributed by atoms with van der Waals surface area (Å²) in [6.07, 6.45) is 0. The molecule has 0 saturated heterocycles. The summed E-state index contributed by atoms with van der Waals surface area (Å²) in [5.74, 6) is -1.31. The van der Waals surface area contributed by atoms with Gasteiger partial charge in [-0.25, -0.2) is 8.42 Å². The molecule has 0 aliphatic heterocycles. The largest absolute Gasteiger partial charge is 0.480 e. The number of carboxylic acids is 1. The quantitative estimate of drug-likeness (QED) is 0.762. The van der Waals surface area contributed by atoms with Crippen molar-refractivity contribution in [3.05, 3.63) is 33.4 Å². The molecule has 0 saturated carbocycles. The number of aliphatic carboxylic acids is 1. The third kappa shape index (κ3) is 3.26. The fraction of sp³-hybridized carbons (Fsp3) is 0.273. The van der Waals surface area contributed by atoms with Crippen molar-refractivity contribution in [3.8, 4) is 0 Å². The topological polar surface area (TPSA) is 112 Å². The lowest BCUT2D eigenvalue weighted by atomic mass is 10.1. The van der Waals surface area contributed by atoms with Gasteiger partial charge in [0.25, 0.3) is 10.0 Å². The van der Waals surface area contributed by atoms with E-state index in [1.165, 1.54) is 12.1 Å². The van der Waals surface area contributed by atoms with E-state index < -0.39 is 22.0 Å². The van der Waals surface area contributed by atoms with Crippen molar-refractivity contribution >= 4 is 38.9 Å². The highest BCUT2D eigenvalue weighted by Gasteiger charge is 2.31. The van der Waals surface area contributed by atoms with Crippen LogP contribution in [0.4, 0.5) is 0 Å². The number of H-pyrrole nitrogens is 1. The Bertz CT molecular complexity index is 762. The number of hydrogen-bond donors (Lipinski definition) is 3. The molecule has 3 N–H and O–H groups in total. The van der Waals surface area contributed by atoms with Gasteiger partial charge in [-0.15, -0.1) is 11.3 Å². The van der Waals surface area contributed by atoms with Crippen molar-refractivity contribution in [1.29, 1.82) is 0 Å². The Kier molecular flexibility index (Phi) is 4.38. The van der Waals surface area contributed by atoms with Crippen molar-refractivity contribution in [2.45, 2.75) is 24.1 Å². The molecule has 2 aromatic rings. The van der Waals surface area contributed by atoms with E-state index in [0.717, 1.165) is 11.3 Å². The Morgan fingerprint density at radius 1 is 1.48 bits per heavy atom. The van der Waals surface area contributed by atoms with Gasteiger partial charge in [-0.05, 0) is 26.0 Å². The number of sulfonamides is 1. The van der Waals surface area contributed by atoms with Crippen LogP contribution in [0.2, 0.25) is 4.34 Å². The fourth-order valence-electron chi connectivity index (χ4n) is 1.87. The number of rotatable bonds is 5. The summed E-state index contributed by atoms with van der Waals surface area (Å²) in [6.45, 7) is 3.23. The third-order valence-corrected chi connectivity index (χ3v) is 5.95. The number of nitrogens with zero attached hydrogens (tertiary/aromatic N) is 1. The van der Waals surface area contributed by atoms with Crippen molar-refractivity contribution in [2.75, 3.05) is 0 Å². The van der Waals surface area contributed by atoms with E-state index in [4.69, 9.17) is 11.6 Å². The molecule has 10 heteroatoms.